The maximum absolute atomic E-state index is 12.9. The van der Waals surface area contributed by atoms with Crippen molar-refractivity contribution < 1.29 is 14.0 Å². The molecule has 5 nitrogen and oxygen atoms in total. The molecule has 1 aliphatic heterocycles. The van der Waals surface area contributed by atoms with Crippen LogP contribution in [0.1, 0.15) is 41.9 Å². The predicted molar refractivity (Wildman–Crippen MR) is 115 cm³/mol. The second-order valence-electron chi connectivity index (χ2n) is 7.25. The summed E-state index contributed by atoms with van der Waals surface area (Å²) in [6, 6.07) is 16.9. The molecule has 29 heavy (non-hydrogen) atoms. The van der Waals surface area contributed by atoms with E-state index in [0.717, 1.165) is 41.8 Å². The number of amides is 2. The maximum atomic E-state index is 12.9. The van der Waals surface area contributed by atoms with Gasteiger partial charge in [0, 0.05) is 23.4 Å². The summed E-state index contributed by atoms with van der Waals surface area (Å²) in [6.45, 7) is 3.59. The van der Waals surface area contributed by atoms with Gasteiger partial charge in [0.05, 0.1) is 17.4 Å². The molecule has 0 aliphatic carbocycles. The van der Waals surface area contributed by atoms with E-state index in [1.165, 1.54) is 11.8 Å². The lowest BCUT2D eigenvalue weighted by Crippen LogP contribution is -2.29. The highest BCUT2D eigenvalue weighted by Gasteiger charge is 2.20. The van der Waals surface area contributed by atoms with Crippen molar-refractivity contribution in [3.63, 3.8) is 0 Å². The molecule has 2 amide bonds. The zero-order valence-electron chi connectivity index (χ0n) is 16.4. The minimum atomic E-state index is -0.265. The van der Waals surface area contributed by atoms with Gasteiger partial charge >= 0.3 is 0 Å². The van der Waals surface area contributed by atoms with Crippen LogP contribution in [-0.4, -0.2) is 35.6 Å². The maximum Gasteiger partial charge on any atom is 0.252 e. The Labute approximate surface area is 174 Å². The van der Waals surface area contributed by atoms with Crippen LogP contribution in [0.25, 0.3) is 11.0 Å². The normalized spacial score (nSPS) is 14.9. The number of carbonyl (C=O) groups excluding carboxylic acids is 2. The number of thioether (sulfide) groups is 1. The molecule has 0 radical (unpaired) electrons. The summed E-state index contributed by atoms with van der Waals surface area (Å²) in [6.07, 6.45) is 2.16. The zero-order valence-corrected chi connectivity index (χ0v) is 17.2. The predicted octanol–water partition coefficient (Wildman–Crippen LogP) is 4.64. The van der Waals surface area contributed by atoms with Gasteiger partial charge in [0.15, 0.2) is 0 Å². The minimum absolute atomic E-state index is 0.137. The fourth-order valence-electron chi connectivity index (χ4n) is 3.54. The molecule has 1 N–H and O–H groups in total. The van der Waals surface area contributed by atoms with E-state index in [4.69, 9.17) is 4.42 Å². The van der Waals surface area contributed by atoms with Crippen molar-refractivity contribution in [2.24, 2.45) is 0 Å². The molecule has 4 rings (SSSR count). The topological polar surface area (TPSA) is 62.6 Å². The van der Waals surface area contributed by atoms with Gasteiger partial charge in [-0.3, -0.25) is 9.59 Å². The molecule has 1 aliphatic rings. The van der Waals surface area contributed by atoms with Crippen molar-refractivity contribution in [1.82, 2.24) is 10.2 Å². The summed E-state index contributed by atoms with van der Waals surface area (Å²) in [4.78, 5) is 28.0. The third-order valence-corrected chi connectivity index (χ3v) is 6.22. The molecule has 1 unspecified atom stereocenters. The minimum Gasteiger partial charge on any atom is -0.459 e. The molecule has 2 heterocycles. The van der Waals surface area contributed by atoms with Gasteiger partial charge < -0.3 is 14.6 Å². The van der Waals surface area contributed by atoms with E-state index in [1.807, 2.05) is 60.4 Å². The summed E-state index contributed by atoms with van der Waals surface area (Å²) >= 11 is 1.42. The van der Waals surface area contributed by atoms with E-state index >= 15 is 0 Å². The molecule has 2 aromatic carbocycles. The number of nitrogens with zero attached hydrogens (tertiary/aromatic N) is 1. The first-order valence-electron chi connectivity index (χ1n) is 9.91. The van der Waals surface area contributed by atoms with E-state index in [2.05, 4.69) is 5.32 Å². The van der Waals surface area contributed by atoms with Gasteiger partial charge in [-0.1, -0.05) is 30.3 Å². The zero-order chi connectivity index (χ0) is 20.2. The number of likely N-dealkylation sites (tertiary alicyclic amines) is 1. The van der Waals surface area contributed by atoms with Crippen LogP contribution in [0.15, 0.2) is 63.9 Å². The standard InChI is InChI=1S/C23H24N2O3S/c1-16(20-14-17-8-2-4-10-19(17)28-20)24-23(27)18-9-3-5-11-21(18)29-15-22(26)25-12-6-7-13-25/h2-5,8-11,14,16H,6-7,12-13,15H2,1H3,(H,24,27). The van der Waals surface area contributed by atoms with Gasteiger partial charge in [0.2, 0.25) is 5.91 Å². The van der Waals surface area contributed by atoms with E-state index in [-0.39, 0.29) is 17.9 Å². The van der Waals surface area contributed by atoms with Crippen LogP contribution in [-0.2, 0) is 4.79 Å². The number of hydrogen-bond donors (Lipinski definition) is 1. The average Bonchev–Trinajstić information content (AvgIpc) is 3.42. The number of carbonyl (C=O) groups is 2. The van der Waals surface area contributed by atoms with E-state index in [1.54, 1.807) is 6.07 Å². The monoisotopic (exact) mass is 408 g/mol. The van der Waals surface area contributed by atoms with Crippen LogP contribution < -0.4 is 5.32 Å². The van der Waals surface area contributed by atoms with Crippen LogP contribution in [0.4, 0.5) is 0 Å². The molecule has 0 spiro atoms. The Kier molecular flexibility index (Phi) is 5.90. The van der Waals surface area contributed by atoms with E-state index in [9.17, 15) is 9.59 Å². The number of nitrogens with one attached hydrogen (secondary N) is 1. The molecule has 1 aromatic heterocycles. The molecule has 6 heteroatoms. The summed E-state index contributed by atoms with van der Waals surface area (Å²) in [5.41, 5.74) is 1.38. The number of benzene rings is 2. The Morgan fingerprint density at radius 1 is 1.10 bits per heavy atom. The highest BCUT2D eigenvalue weighted by Crippen LogP contribution is 2.26. The summed E-state index contributed by atoms with van der Waals surface area (Å²) in [5.74, 6) is 1.03. The van der Waals surface area contributed by atoms with Crippen LogP contribution in [0.3, 0.4) is 0 Å². The Morgan fingerprint density at radius 2 is 1.83 bits per heavy atom. The molecular formula is C23H24N2O3S. The molecule has 150 valence electrons. The molecule has 3 aromatic rings. The molecule has 1 atom stereocenters. The fraction of sp³-hybridized carbons (Fsp3) is 0.304. The van der Waals surface area contributed by atoms with Crippen molar-refractivity contribution in [1.29, 1.82) is 0 Å². The number of hydrogen-bond acceptors (Lipinski definition) is 4. The highest BCUT2D eigenvalue weighted by molar-refractivity contribution is 8.00. The number of para-hydroxylation sites is 1. The Morgan fingerprint density at radius 3 is 2.62 bits per heavy atom. The van der Waals surface area contributed by atoms with Crippen LogP contribution in [0, 0.1) is 0 Å². The van der Waals surface area contributed by atoms with Crippen LogP contribution in [0.2, 0.25) is 0 Å². The molecule has 1 fully saturated rings. The van der Waals surface area contributed by atoms with Gasteiger partial charge in [0.25, 0.3) is 5.91 Å². The smallest absolute Gasteiger partial charge is 0.252 e. The molecule has 1 saturated heterocycles. The van der Waals surface area contributed by atoms with Gasteiger partial charge in [-0.05, 0) is 44.0 Å². The largest absolute Gasteiger partial charge is 0.459 e. The van der Waals surface area contributed by atoms with Gasteiger partial charge in [-0.15, -0.1) is 11.8 Å². The lowest BCUT2D eigenvalue weighted by atomic mass is 10.1. The van der Waals surface area contributed by atoms with Gasteiger partial charge in [-0.2, -0.15) is 0 Å². The molecular weight excluding hydrogens is 384 g/mol. The number of fused-ring (bicyclic) bond motifs is 1. The first-order chi connectivity index (χ1) is 14.1. The first-order valence-corrected chi connectivity index (χ1v) is 10.9. The van der Waals surface area contributed by atoms with Crippen molar-refractivity contribution in [3.8, 4) is 0 Å². The third-order valence-electron chi connectivity index (χ3n) is 5.16. The Bertz CT molecular complexity index is 991. The van der Waals surface area contributed by atoms with Crippen LogP contribution in [0.5, 0.6) is 0 Å². The SMILES string of the molecule is CC(NC(=O)c1ccccc1SCC(=O)N1CCCC1)c1cc2ccccc2o1. The molecule has 0 saturated carbocycles. The summed E-state index contributed by atoms with van der Waals surface area (Å²) in [5, 5.41) is 4.03. The molecule has 0 bridgehead atoms. The van der Waals surface area contributed by atoms with Gasteiger partial charge in [-0.25, -0.2) is 0 Å². The Balaban J connectivity index is 1.43. The van der Waals surface area contributed by atoms with E-state index in [0.29, 0.717) is 17.1 Å². The lowest BCUT2D eigenvalue weighted by molar-refractivity contribution is -0.127. The number of rotatable bonds is 6. The Hall–Kier alpha value is -2.73. The average molecular weight is 409 g/mol. The highest BCUT2D eigenvalue weighted by atomic mass is 32.2. The van der Waals surface area contributed by atoms with Crippen molar-refractivity contribution in [2.75, 3.05) is 18.8 Å². The second kappa shape index (κ2) is 8.74. The first kappa shape index (κ1) is 19.6. The van der Waals surface area contributed by atoms with Crippen molar-refractivity contribution >= 4 is 34.5 Å². The summed E-state index contributed by atoms with van der Waals surface area (Å²) in [7, 11) is 0. The van der Waals surface area contributed by atoms with Crippen molar-refractivity contribution in [2.45, 2.75) is 30.7 Å². The quantitative estimate of drug-likeness (QED) is 0.604. The lowest BCUT2D eigenvalue weighted by Gasteiger charge is -2.16. The third kappa shape index (κ3) is 4.48. The fourth-order valence-corrected chi connectivity index (χ4v) is 4.49. The van der Waals surface area contributed by atoms with Crippen LogP contribution >= 0.6 is 11.8 Å². The van der Waals surface area contributed by atoms with Crippen molar-refractivity contribution in [3.05, 3.63) is 65.9 Å². The van der Waals surface area contributed by atoms with Gasteiger partial charge in [0.1, 0.15) is 11.3 Å². The van der Waals surface area contributed by atoms with E-state index < -0.39 is 0 Å². The summed E-state index contributed by atoms with van der Waals surface area (Å²) < 4.78 is 5.86. The second-order valence-corrected chi connectivity index (χ2v) is 8.27. The number of furan rings is 1.